The third kappa shape index (κ3) is 4.55. The Bertz CT molecular complexity index is 1290. The summed E-state index contributed by atoms with van der Waals surface area (Å²) in [7, 11) is 0. The number of rotatable bonds is 5. The Morgan fingerprint density at radius 3 is 1.85 bits per heavy atom. The van der Waals surface area contributed by atoms with Gasteiger partial charge in [0.15, 0.2) is 0 Å². The fourth-order valence-corrected chi connectivity index (χ4v) is 10.1. The number of fused-ring (bicyclic) bond motifs is 3. The van der Waals surface area contributed by atoms with Gasteiger partial charge in [-0.15, -0.1) is 0 Å². The van der Waals surface area contributed by atoms with Gasteiger partial charge in [-0.05, 0) is 0 Å². The van der Waals surface area contributed by atoms with Crippen LogP contribution >= 0.6 is 0 Å². The van der Waals surface area contributed by atoms with Crippen LogP contribution in [-0.2, 0) is 23.2 Å². The molecule has 0 heterocycles. The maximum Gasteiger partial charge on any atom is -1.00 e. The van der Waals surface area contributed by atoms with Crippen molar-refractivity contribution in [2.75, 3.05) is 0 Å². The fraction of sp³-hybridized carbons (Fsp3) is 0.0968. The first-order valence-electron chi connectivity index (χ1n) is 11.3. The quantitative estimate of drug-likeness (QED) is 0.352. The van der Waals surface area contributed by atoms with Crippen molar-refractivity contribution in [2.24, 2.45) is 0 Å². The van der Waals surface area contributed by atoms with Crippen molar-refractivity contribution >= 4 is 5.57 Å². The summed E-state index contributed by atoms with van der Waals surface area (Å²) in [5.74, 6) is 0. The Morgan fingerprint density at radius 2 is 1.21 bits per heavy atom. The van der Waals surface area contributed by atoms with Gasteiger partial charge in [-0.1, -0.05) is 0 Å². The molecule has 4 aromatic carbocycles. The molecule has 6 rings (SSSR count). The third-order valence-corrected chi connectivity index (χ3v) is 11.4. The predicted octanol–water partition coefficient (Wildman–Crippen LogP) is 1.98. The van der Waals surface area contributed by atoms with Crippen LogP contribution in [0.25, 0.3) is 16.7 Å². The van der Waals surface area contributed by atoms with E-state index in [0.29, 0.717) is 7.25 Å². The maximum absolute atomic E-state index is 2.39. The standard InChI is InChI=1S/C18H13.C13H11.2ClH.Zr/c1-2-7-13(6-1)15-10-5-11-17-16-9-4-3-8-14(16)12-18(15)17;1-3-7-12(8-4-1)11-13-9-5-2-6-10-13;;;/h1-6,8-12H,7H2;1-11H;2*1H;/q;;;;+2/p-2. The molecule has 34 heavy (non-hydrogen) atoms. The average Bonchev–Trinajstić information content (AvgIpc) is 3.51. The van der Waals surface area contributed by atoms with Crippen molar-refractivity contribution < 1.29 is 48.0 Å². The SMILES string of the molecule is C1=CCC(c2cccc3c2[CH]([Zr+2][CH](c2ccccc2)c2ccccc2)c2ccccc2-3)=C1.[Cl-].[Cl-]. The smallest absolute Gasteiger partial charge is 1.00 e. The summed E-state index contributed by atoms with van der Waals surface area (Å²) in [5, 5.41) is 0. The summed E-state index contributed by atoms with van der Waals surface area (Å²) in [6.45, 7) is 0. The van der Waals surface area contributed by atoms with Crippen molar-refractivity contribution in [3.63, 3.8) is 0 Å². The van der Waals surface area contributed by atoms with Gasteiger partial charge in [0.1, 0.15) is 0 Å². The van der Waals surface area contributed by atoms with Crippen LogP contribution in [0.1, 0.15) is 41.5 Å². The normalized spacial score (nSPS) is 15.0. The van der Waals surface area contributed by atoms with E-state index in [1.807, 2.05) is 0 Å². The van der Waals surface area contributed by atoms with Crippen LogP contribution in [0, 0.1) is 0 Å². The molecule has 0 spiro atoms. The van der Waals surface area contributed by atoms with Crippen molar-refractivity contribution in [2.45, 2.75) is 13.7 Å². The number of halogens is 2. The Morgan fingerprint density at radius 1 is 0.618 bits per heavy atom. The minimum Gasteiger partial charge on any atom is -1.00 e. The Balaban J connectivity index is 0.00000137. The van der Waals surface area contributed by atoms with Gasteiger partial charge in [0.05, 0.1) is 0 Å². The minimum atomic E-state index is -0.983. The zero-order chi connectivity index (χ0) is 21.3. The largest absolute Gasteiger partial charge is 1.00 e. The van der Waals surface area contributed by atoms with Crippen LogP contribution in [0.3, 0.4) is 0 Å². The van der Waals surface area contributed by atoms with Crippen LogP contribution in [0.2, 0.25) is 0 Å². The van der Waals surface area contributed by atoms with Gasteiger partial charge < -0.3 is 24.8 Å². The average molecular weight is 559 g/mol. The van der Waals surface area contributed by atoms with Crippen LogP contribution in [0.5, 0.6) is 0 Å². The molecule has 166 valence electrons. The molecule has 0 nitrogen and oxygen atoms in total. The third-order valence-electron chi connectivity index (χ3n) is 6.67. The van der Waals surface area contributed by atoms with E-state index in [0.717, 1.165) is 6.42 Å². The molecular weight excluding hydrogens is 534 g/mol. The molecule has 0 N–H and O–H groups in total. The van der Waals surface area contributed by atoms with Crippen molar-refractivity contribution in [3.8, 4) is 11.1 Å². The van der Waals surface area contributed by atoms with Crippen LogP contribution in [0.15, 0.2) is 121 Å². The Hall–Kier alpha value is -2.18. The van der Waals surface area contributed by atoms with Gasteiger partial charge in [-0.3, -0.25) is 0 Å². The molecule has 0 aromatic heterocycles. The molecule has 0 radical (unpaired) electrons. The molecule has 2 aliphatic rings. The van der Waals surface area contributed by atoms with Crippen molar-refractivity contribution in [3.05, 3.63) is 149 Å². The van der Waals surface area contributed by atoms with Gasteiger partial charge in [0, 0.05) is 0 Å². The van der Waals surface area contributed by atoms with Gasteiger partial charge in [-0.2, -0.15) is 0 Å². The second kappa shape index (κ2) is 11.0. The summed E-state index contributed by atoms with van der Waals surface area (Å²) < 4.78 is 1.07. The molecule has 0 bridgehead atoms. The molecule has 0 aliphatic heterocycles. The van der Waals surface area contributed by atoms with Gasteiger partial charge >= 0.3 is 203 Å². The van der Waals surface area contributed by atoms with Gasteiger partial charge in [0.2, 0.25) is 0 Å². The predicted molar refractivity (Wildman–Crippen MR) is 130 cm³/mol. The van der Waals surface area contributed by atoms with Crippen LogP contribution in [-0.4, -0.2) is 0 Å². The molecule has 1 atom stereocenters. The van der Waals surface area contributed by atoms with E-state index in [2.05, 4.69) is 121 Å². The molecule has 0 amide bonds. The number of benzene rings is 4. The number of hydrogen-bond acceptors (Lipinski definition) is 0. The van der Waals surface area contributed by atoms with Gasteiger partial charge in [-0.25, -0.2) is 0 Å². The van der Waals surface area contributed by atoms with E-state index in [1.54, 1.807) is 11.1 Å². The monoisotopic (exact) mass is 556 g/mol. The first-order chi connectivity index (χ1) is 15.9. The van der Waals surface area contributed by atoms with E-state index in [4.69, 9.17) is 0 Å². The summed E-state index contributed by atoms with van der Waals surface area (Å²) in [4.78, 5) is 0. The molecule has 0 saturated carbocycles. The second-order valence-electron chi connectivity index (χ2n) is 8.53. The zero-order valence-electron chi connectivity index (χ0n) is 18.7. The van der Waals surface area contributed by atoms with E-state index in [-0.39, 0.29) is 24.8 Å². The fourth-order valence-electron chi connectivity index (χ4n) is 5.20. The Labute approximate surface area is 226 Å². The van der Waals surface area contributed by atoms with Gasteiger partial charge in [0.25, 0.3) is 0 Å². The summed E-state index contributed by atoms with van der Waals surface area (Å²) >= 11 is -0.983. The molecular formula is C31H24Cl2Zr. The van der Waals surface area contributed by atoms with E-state index in [1.165, 1.54) is 33.4 Å². The second-order valence-corrected chi connectivity index (χ2v) is 12.2. The van der Waals surface area contributed by atoms with Crippen LogP contribution < -0.4 is 24.8 Å². The summed E-state index contributed by atoms with van der Waals surface area (Å²) in [5.41, 5.74) is 11.9. The van der Waals surface area contributed by atoms with E-state index < -0.39 is 23.2 Å². The summed E-state index contributed by atoms with van der Waals surface area (Å²) in [6.07, 6.45) is 7.85. The van der Waals surface area contributed by atoms with Crippen molar-refractivity contribution in [1.82, 2.24) is 0 Å². The molecule has 2 aliphatic carbocycles. The van der Waals surface area contributed by atoms with E-state index >= 15 is 0 Å². The Kier molecular flexibility index (Phi) is 8.10. The topological polar surface area (TPSA) is 0 Å². The molecule has 3 heteroatoms. The zero-order valence-corrected chi connectivity index (χ0v) is 22.6. The van der Waals surface area contributed by atoms with E-state index in [9.17, 15) is 0 Å². The summed E-state index contributed by atoms with van der Waals surface area (Å²) in [6, 6.07) is 38.5. The molecule has 4 aromatic rings. The maximum atomic E-state index is 2.39. The first-order valence-corrected chi connectivity index (χ1v) is 14.2. The van der Waals surface area contributed by atoms with Crippen molar-refractivity contribution in [1.29, 1.82) is 0 Å². The number of hydrogen-bond donors (Lipinski definition) is 0. The van der Waals surface area contributed by atoms with Crippen LogP contribution in [0.4, 0.5) is 0 Å². The molecule has 0 saturated heterocycles. The first kappa shape index (κ1) is 24.9. The number of allylic oxidation sites excluding steroid dienone is 4. The molecule has 1 unspecified atom stereocenters. The molecule has 0 fully saturated rings. The minimum absolute atomic E-state index is 0.